The number of hydrogen-bond acceptors (Lipinski definition) is 10. The van der Waals surface area contributed by atoms with E-state index in [2.05, 4.69) is 64.4 Å². The van der Waals surface area contributed by atoms with E-state index in [4.69, 9.17) is 14.3 Å². The molecule has 15 heteroatoms. The maximum absolute atomic E-state index is 14.1. The van der Waals surface area contributed by atoms with Gasteiger partial charge in [0, 0.05) is 83.3 Å². The van der Waals surface area contributed by atoms with Crippen LogP contribution < -0.4 is 20.0 Å². The smallest absolute Gasteiger partial charge is 0.255 e. The fourth-order valence-corrected chi connectivity index (χ4v) is 10.2. The first-order valence-electron chi connectivity index (χ1n) is 20.6. The van der Waals surface area contributed by atoms with Gasteiger partial charge in [0.2, 0.25) is 5.91 Å². The number of imidazole rings is 1. The van der Waals surface area contributed by atoms with Crippen LogP contribution in [0.5, 0.6) is 0 Å². The van der Waals surface area contributed by atoms with E-state index >= 15 is 0 Å². The summed E-state index contributed by atoms with van der Waals surface area (Å²) in [5.74, 6) is 2.22. The predicted octanol–water partition coefficient (Wildman–Crippen LogP) is 7.76. The molecule has 59 heavy (non-hydrogen) atoms. The molecular weight excluding hydrogens is 881 g/mol. The largest absolute Gasteiger partial charge is 0.371 e. The van der Waals surface area contributed by atoms with Crippen LogP contribution in [0.25, 0.3) is 17.0 Å². The number of rotatable bonds is 10. The van der Waals surface area contributed by atoms with Gasteiger partial charge in [-0.05, 0) is 104 Å². The number of aromatic nitrogens is 4. The second-order valence-corrected chi connectivity index (χ2v) is 17.8. The van der Waals surface area contributed by atoms with Crippen molar-refractivity contribution in [1.29, 1.82) is 0 Å². The summed E-state index contributed by atoms with van der Waals surface area (Å²) in [6, 6.07) is 22.7. The molecule has 1 unspecified atom stereocenters. The number of carbonyl (C=O) groups excluding carboxylic acids is 2. The second kappa shape index (κ2) is 16.4. The van der Waals surface area contributed by atoms with Crippen LogP contribution >= 0.6 is 30.4 Å². The number of hydrogen-bond donors (Lipinski definition) is 1. The molecule has 304 valence electrons. The molecule has 4 fully saturated rings. The summed E-state index contributed by atoms with van der Waals surface area (Å²) < 4.78 is 21.5. The van der Waals surface area contributed by atoms with Crippen molar-refractivity contribution in [2.75, 3.05) is 54.0 Å². The van der Waals surface area contributed by atoms with Gasteiger partial charge in [0.25, 0.3) is 5.91 Å². The number of fused-ring (bicyclic) bond motifs is 2. The average molecular weight is 926 g/mol. The molecule has 5 aliphatic rings. The molecule has 0 saturated carbocycles. The minimum atomic E-state index is -0.473. The highest BCUT2D eigenvalue weighted by molar-refractivity contribution is 14.2. The minimum absolute atomic E-state index is 0.0542. The zero-order valence-corrected chi connectivity index (χ0v) is 35.5. The summed E-state index contributed by atoms with van der Waals surface area (Å²) in [7, 11) is 1.37. The number of anilines is 3. The Kier molecular flexibility index (Phi) is 10.7. The van der Waals surface area contributed by atoms with E-state index in [1.165, 1.54) is 15.3 Å². The predicted molar refractivity (Wildman–Crippen MR) is 236 cm³/mol. The van der Waals surface area contributed by atoms with E-state index in [0.29, 0.717) is 30.4 Å². The molecular formula is C44H45FIN9O3S. The molecule has 2 amide bonds. The molecule has 2 aromatic carbocycles. The van der Waals surface area contributed by atoms with Crippen molar-refractivity contribution < 1.29 is 18.2 Å². The van der Waals surface area contributed by atoms with Crippen LogP contribution in [0.15, 0.2) is 90.8 Å². The quantitative estimate of drug-likeness (QED) is 0.110. The van der Waals surface area contributed by atoms with Crippen molar-refractivity contribution in [3.63, 3.8) is 0 Å². The lowest BCUT2D eigenvalue weighted by molar-refractivity contribution is -0.126. The van der Waals surface area contributed by atoms with E-state index in [0.717, 1.165) is 123 Å². The number of pyridine rings is 1. The van der Waals surface area contributed by atoms with Crippen molar-refractivity contribution >= 4 is 65.2 Å². The van der Waals surface area contributed by atoms with Crippen molar-refractivity contribution in [2.24, 2.45) is 11.8 Å². The summed E-state index contributed by atoms with van der Waals surface area (Å²) in [4.78, 5) is 45.5. The summed E-state index contributed by atoms with van der Waals surface area (Å²) >= 11 is 2.14. The standard InChI is InChI=1S/C44H45FIN9O3S/c45-32-5-1-4-30(21-32)37-7-3-17-53(37)42-14-13-40-47-23-39(55(40)50-42)36-6-2-8-41(49-36)51-18-15-28(16-19-51)20-33-10-12-38(43(56)48-33)54-26-31-9-11-34(22-35(31)44(54)57)52-24-29(25-52)27-58-59-46/h1-2,4-6,8-9,11,13-14,20-23,28-29,37-38H,3,7,10,12,15-19,24-27H2,(H,48,56)/b33-20+/t37-,38?/m1/s1. The molecule has 8 heterocycles. The number of halogens is 2. The van der Waals surface area contributed by atoms with Crippen molar-refractivity contribution in [3.8, 4) is 11.4 Å². The Morgan fingerprint density at radius 1 is 0.898 bits per heavy atom. The molecule has 2 atom stereocenters. The van der Waals surface area contributed by atoms with Gasteiger partial charge in [-0.2, -0.15) is 0 Å². The summed E-state index contributed by atoms with van der Waals surface area (Å²) in [6.07, 6.45) is 9.27. The number of nitrogens with zero attached hydrogens (tertiary/aromatic N) is 8. The molecule has 5 aromatic rings. The second-order valence-electron chi connectivity index (χ2n) is 16.3. The first kappa shape index (κ1) is 38.5. The Morgan fingerprint density at radius 3 is 2.59 bits per heavy atom. The Balaban J connectivity index is 0.755. The van der Waals surface area contributed by atoms with Crippen molar-refractivity contribution in [2.45, 2.75) is 57.2 Å². The van der Waals surface area contributed by atoms with Crippen LogP contribution in [0.1, 0.15) is 66.1 Å². The number of allylic oxidation sites excluding steroid dienone is 2. The van der Waals surface area contributed by atoms with Gasteiger partial charge in [-0.15, -0.1) is 5.10 Å². The number of benzene rings is 2. The molecule has 0 radical (unpaired) electrons. The molecule has 0 spiro atoms. The first-order valence-corrected chi connectivity index (χ1v) is 23.9. The highest BCUT2D eigenvalue weighted by Gasteiger charge is 2.39. The van der Waals surface area contributed by atoms with Crippen LogP contribution in [0.4, 0.5) is 21.7 Å². The molecule has 3 aromatic heterocycles. The zero-order chi connectivity index (χ0) is 40.0. The van der Waals surface area contributed by atoms with Crippen LogP contribution in [0, 0.1) is 17.7 Å². The van der Waals surface area contributed by atoms with Gasteiger partial charge >= 0.3 is 0 Å². The molecule has 0 aliphatic carbocycles. The lowest BCUT2D eigenvalue weighted by atomic mass is 9.93. The van der Waals surface area contributed by atoms with E-state index in [1.807, 2.05) is 53.2 Å². The summed E-state index contributed by atoms with van der Waals surface area (Å²) in [6.45, 7) is 5.58. The lowest BCUT2D eigenvalue weighted by Crippen LogP contribution is -2.50. The molecule has 4 saturated heterocycles. The molecule has 1 N–H and O–H groups in total. The van der Waals surface area contributed by atoms with E-state index in [-0.39, 0.29) is 23.7 Å². The van der Waals surface area contributed by atoms with Gasteiger partial charge in [0.15, 0.2) is 5.65 Å². The molecule has 12 nitrogen and oxygen atoms in total. The monoisotopic (exact) mass is 925 g/mol. The lowest BCUT2D eigenvalue weighted by Gasteiger charge is -2.40. The van der Waals surface area contributed by atoms with Gasteiger partial charge in [-0.25, -0.2) is 18.9 Å². The maximum Gasteiger partial charge on any atom is 0.255 e. The third kappa shape index (κ3) is 7.65. The fraction of sp³-hybridized carbons (Fsp3) is 0.386. The van der Waals surface area contributed by atoms with Gasteiger partial charge in [-0.1, -0.05) is 30.3 Å². The normalized spacial score (nSPS) is 22.1. The van der Waals surface area contributed by atoms with E-state index < -0.39 is 6.04 Å². The number of nitrogens with one attached hydrogen (secondary N) is 1. The van der Waals surface area contributed by atoms with Crippen molar-refractivity contribution in [1.82, 2.24) is 29.8 Å². The summed E-state index contributed by atoms with van der Waals surface area (Å²) in [5.41, 5.74) is 7.04. The fourth-order valence-electron chi connectivity index (χ4n) is 9.53. The minimum Gasteiger partial charge on any atom is -0.371 e. The van der Waals surface area contributed by atoms with Gasteiger partial charge in [0.1, 0.15) is 29.2 Å². The molecule has 10 rings (SSSR count). The van der Waals surface area contributed by atoms with Crippen molar-refractivity contribution in [3.05, 3.63) is 113 Å². The average Bonchev–Trinajstić information content (AvgIpc) is 3.98. The summed E-state index contributed by atoms with van der Waals surface area (Å²) in [5, 5.41) is 8.21. The van der Waals surface area contributed by atoms with Crippen LogP contribution in [0.2, 0.25) is 0 Å². The highest BCUT2D eigenvalue weighted by Crippen LogP contribution is 2.37. The van der Waals surface area contributed by atoms with Gasteiger partial charge < -0.3 is 29.1 Å². The van der Waals surface area contributed by atoms with Crippen LogP contribution in [-0.2, 0) is 15.5 Å². The Morgan fingerprint density at radius 2 is 1.76 bits per heavy atom. The third-order valence-electron chi connectivity index (χ3n) is 12.7. The maximum atomic E-state index is 14.1. The van der Waals surface area contributed by atoms with Crippen LogP contribution in [0.3, 0.4) is 0 Å². The number of carbonyl (C=O) groups is 2. The van der Waals surface area contributed by atoms with Crippen LogP contribution in [-0.4, -0.2) is 81.7 Å². The molecule has 0 bridgehead atoms. The SMILES string of the molecule is O=C1N/C(=C/C2CCN(c3cccc(-c4cnc5ccc(N6CCC[C@@H]6c6cccc(F)c6)nn45)n3)CC2)CCC1N1Cc2ccc(N3CC(COSI)C3)cc2C1=O. The topological polar surface area (TPSA) is 111 Å². The molecule has 5 aliphatic heterocycles. The Hall–Kier alpha value is -4.74. The van der Waals surface area contributed by atoms with Gasteiger partial charge in [-0.3, -0.25) is 9.59 Å². The van der Waals surface area contributed by atoms with Gasteiger partial charge in [0.05, 0.1) is 33.8 Å². The Bertz CT molecular complexity index is 2430. The van der Waals surface area contributed by atoms with E-state index in [1.54, 1.807) is 17.0 Å². The zero-order valence-electron chi connectivity index (χ0n) is 32.6. The highest BCUT2D eigenvalue weighted by atomic mass is 127. The number of piperidine rings is 2. The van der Waals surface area contributed by atoms with E-state index in [9.17, 15) is 14.0 Å². The number of amides is 2. The first-order chi connectivity index (χ1) is 28.9. The Labute approximate surface area is 359 Å². The third-order valence-corrected chi connectivity index (χ3v) is 13.7.